The standard InChI is InChI=1S/C15H19N3O3/c1-10-11(2)21-15(17-10)9-16-8-14(19)18-12-6-4-5-7-13(12)20-3/h4-7,16H,8-9H2,1-3H3,(H,18,19). The van der Waals surface area contributed by atoms with E-state index in [2.05, 4.69) is 15.6 Å². The normalized spacial score (nSPS) is 10.4. The minimum atomic E-state index is -0.153. The molecule has 0 bridgehead atoms. The molecule has 6 heteroatoms. The van der Waals surface area contributed by atoms with E-state index in [9.17, 15) is 4.79 Å². The molecule has 0 unspecified atom stereocenters. The number of para-hydroxylation sites is 2. The molecule has 2 N–H and O–H groups in total. The van der Waals surface area contributed by atoms with Gasteiger partial charge >= 0.3 is 0 Å². The minimum Gasteiger partial charge on any atom is -0.495 e. The summed E-state index contributed by atoms with van der Waals surface area (Å²) in [6.45, 7) is 4.32. The van der Waals surface area contributed by atoms with E-state index in [-0.39, 0.29) is 12.5 Å². The zero-order valence-electron chi connectivity index (χ0n) is 12.4. The van der Waals surface area contributed by atoms with E-state index >= 15 is 0 Å². The maximum absolute atomic E-state index is 11.9. The lowest BCUT2D eigenvalue weighted by Gasteiger charge is -2.09. The SMILES string of the molecule is COc1ccccc1NC(=O)CNCc1nc(C)c(C)o1. The van der Waals surface area contributed by atoms with Gasteiger partial charge < -0.3 is 14.5 Å². The van der Waals surface area contributed by atoms with Gasteiger partial charge in [0.2, 0.25) is 11.8 Å². The average Bonchev–Trinajstić information content (AvgIpc) is 2.78. The maximum atomic E-state index is 11.9. The van der Waals surface area contributed by atoms with Crippen molar-refractivity contribution in [2.75, 3.05) is 19.0 Å². The molecule has 0 aliphatic rings. The fourth-order valence-electron chi connectivity index (χ4n) is 1.84. The van der Waals surface area contributed by atoms with Crippen LogP contribution in [0.15, 0.2) is 28.7 Å². The molecule has 0 aliphatic carbocycles. The highest BCUT2D eigenvalue weighted by Crippen LogP contribution is 2.22. The Morgan fingerprint density at radius 2 is 2.10 bits per heavy atom. The van der Waals surface area contributed by atoms with Crippen LogP contribution < -0.4 is 15.4 Å². The summed E-state index contributed by atoms with van der Waals surface area (Å²) in [6.07, 6.45) is 0. The molecule has 2 rings (SSSR count). The number of benzene rings is 1. The first-order chi connectivity index (χ1) is 10.1. The molecule has 1 aromatic carbocycles. The molecule has 0 atom stereocenters. The molecule has 2 aromatic rings. The molecule has 1 heterocycles. The predicted molar refractivity (Wildman–Crippen MR) is 79.3 cm³/mol. The van der Waals surface area contributed by atoms with Crippen LogP contribution in [0.4, 0.5) is 5.69 Å². The van der Waals surface area contributed by atoms with Crippen LogP contribution in [-0.2, 0) is 11.3 Å². The molecule has 0 saturated carbocycles. The van der Waals surface area contributed by atoms with Crippen molar-refractivity contribution in [3.05, 3.63) is 41.6 Å². The van der Waals surface area contributed by atoms with Gasteiger partial charge in [-0.1, -0.05) is 12.1 Å². The number of carbonyl (C=O) groups is 1. The van der Waals surface area contributed by atoms with Gasteiger partial charge in [-0.2, -0.15) is 0 Å². The molecule has 0 fully saturated rings. The van der Waals surface area contributed by atoms with Gasteiger partial charge in [0.15, 0.2) is 0 Å². The largest absolute Gasteiger partial charge is 0.495 e. The first-order valence-electron chi connectivity index (χ1n) is 6.66. The average molecular weight is 289 g/mol. The van der Waals surface area contributed by atoms with Gasteiger partial charge in [-0.25, -0.2) is 4.98 Å². The number of hydrogen-bond donors (Lipinski definition) is 2. The van der Waals surface area contributed by atoms with Gasteiger partial charge in [0.25, 0.3) is 0 Å². The van der Waals surface area contributed by atoms with Crippen molar-refractivity contribution in [1.29, 1.82) is 0 Å². The van der Waals surface area contributed by atoms with Crippen molar-refractivity contribution in [2.45, 2.75) is 20.4 Å². The third kappa shape index (κ3) is 4.06. The van der Waals surface area contributed by atoms with Gasteiger partial charge in [0.1, 0.15) is 11.5 Å². The van der Waals surface area contributed by atoms with Gasteiger partial charge in [-0.3, -0.25) is 10.1 Å². The summed E-state index contributed by atoms with van der Waals surface area (Å²) in [6, 6.07) is 7.27. The Bertz CT molecular complexity index is 603. The van der Waals surface area contributed by atoms with Crippen molar-refractivity contribution in [1.82, 2.24) is 10.3 Å². The summed E-state index contributed by atoms with van der Waals surface area (Å²) in [7, 11) is 1.57. The van der Waals surface area contributed by atoms with Crippen molar-refractivity contribution in [3.63, 3.8) is 0 Å². The van der Waals surface area contributed by atoms with E-state index in [4.69, 9.17) is 9.15 Å². The number of nitrogens with one attached hydrogen (secondary N) is 2. The summed E-state index contributed by atoms with van der Waals surface area (Å²) in [5, 5.41) is 5.78. The van der Waals surface area contributed by atoms with Crippen molar-refractivity contribution >= 4 is 11.6 Å². The van der Waals surface area contributed by atoms with Crippen LogP contribution in [0, 0.1) is 13.8 Å². The number of hydrogen-bond acceptors (Lipinski definition) is 5. The molecule has 112 valence electrons. The first-order valence-corrected chi connectivity index (χ1v) is 6.66. The highest BCUT2D eigenvalue weighted by atomic mass is 16.5. The molecular formula is C15H19N3O3. The zero-order chi connectivity index (χ0) is 15.2. The molecular weight excluding hydrogens is 270 g/mol. The van der Waals surface area contributed by atoms with Crippen LogP contribution in [0.1, 0.15) is 17.3 Å². The molecule has 0 radical (unpaired) electrons. The van der Waals surface area contributed by atoms with Crippen LogP contribution in [0.3, 0.4) is 0 Å². The quantitative estimate of drug-likeness (QED) is 0.851. The van der Waals surface area contributed by atoms with Crippen molar-refractivity contribution < 1.29 is 13.9 Å². The van der Waals surface area contributed by atoms with Crippen molar-refractivity contribution in [3.8, 4) is 5.75 Å². The molecule has 0 aliphatic heterocycles. The van der Waals surface area contributed by atoms with Gasteiger partial charge in [-0.15, -0.1) is 0 Å². The van der Waals surface area contributed by atoms with E-state index < -0.39 is 0 Å². The topological polar surface area (TPSA) is 76.4 Å². The second-order valence-corrected chi connectivity index (χ2v) is 4.60. The summed E-state index contributed by atoms with van der Waals surface area (Å²) in [5.74, 6) is 1.85. The molecule has 1 amide bonds. The number of carbonyl (C=O) groups excluding carboxylic acids is 1. The molecule has 0 saturated heterocycles. The van der Waals surface area contributed by atoms with E-state index in [1.807, 2.05) is 26.0 Å². The lowest BCUT2D eigenvalue weighted by atomic mass is 10.3. The van der Waals surface area contributed by atoms with Crippen LogP contribution in [-0.4, -0.2) is 24.5 Å². The van der Waals surface area contributed by atoms with Crippen LogP contribution >= 0.6 is 0 Å². The van der Waals surface area contributed by atoms with Crippen LogP contribution in [0.2, 0.25) is 0 Å². The first kappa shape index (κ1) is 15.1. The Labute approximate surface area is 123 Å². The summed E-state index contributed by atoms with van der Waals surface area (Å²) >= 11 is 0. The molecule has 1 aromatic heterocycles. The van der Waals surface area contributed by atoms with E-state index in [1.165, 1.54) is 0 Å². The number of rotatable bonds is 6. The smallest absolute Gasteiger partial charge is 0.238 e. The fraction of sp³-hybridized carbons (Fsp3) is 0.333. The number of ether oxygens (including phenoxy) is 1. The maximum Gasteiger partial charge on any atom is 0.238 e. The molecule has 21 heavy (non-hydrogen) atoms. The third-order valence-electron chi connectivity index (χ3n) is 3.02. The number of amides is 1. The van der Waals surface area contributed by atoms with E-state index in [0.717, 1.165) is 11.5 Å². The lowest BCUT2D eigenvalue weighted by molar-refractivity contribution is -0.115. The number of nitrogens with zero attached hydrogens (tertiary/aromatic N) is 1. The number of aromatic nitrogens is 1. The van der Waals surface area contributed by atoms with Crippen LogP contribution in [0.25, 0.3) is 0 Å². The van der Waals surface area contributed by atoms with Crippen molar-refractivity contribution in [2.24, 2.45) is 0 Å². The third-order valence-corrected chi connectivity index (χ3v) is 3.02. The highest BCUT2D eigenvalue weighted by molar-refractivity contribution is 5.93. The fourth-order valence-corrected chi connectivity index (χ4v) is 1.84. The second kappa shape index (κ2) is 6.90. The van der Waals surface area contributed by atoms with Gasteiger partial charge in [-0.05, 0) is 26.0 Å². The molecule has 6 nitrogen and oxygen atoms in total. The number of methoxy groups -OCH3 is 1. The number of oxazole rings is 1. The Kier molecular flexibility index (Phi) is 4.94. The Morgan fingerprint density at radius 1 is 1.33 bits per heavy atom. The van der Waals surface area contributed by atoms with Gasteiger partial charge in [0, 0.05) is 0 Å². The summed E-state index contributed by atoms with van der Waals surface area (Å²) in [4.78, 5) is 16.1. The zero-order valence-corrected chi connectivity index (χ0v) is 12.4. The Hall–Kier alpha value is -2.34. The second-order valence-electron chi connectivity index (χ2n) is 4.60. The summed E-state index contributed by atoms with van der Waals surface area (Å²) in [5.41, 5.74) is 1.51. The number of aryl methyl sites for hydroxylation is 2. The van der Waals surface area contributed by atoms with Crippen LogP contribution in [0.5, 0.6) is 5.75 Å². The van der Waals surface area contributed by atoms with Gasteiger partial charge in [0.05, 0.1) is 31.6 Å². The lowest BCUT2D eigenvalue weighted by Crippen LogP contribution is -2.28. The highest BCUT2D eigenvalue weighted by Gasteiger charge is 2.08. The predicted octanol–water partition coefficient (Wildman–Crippen LogP) is 2.03. The van der Waals surface area contributed by atoms with E-state index in [0.29, 0.717) is 23.9 Å². The monoisotopic (exact) mass is 289 g/mol. The molecule has 0 spiro atoms. The minimum absolute atomic E-state index is 0.153. The number of anilines is 1. The van der Waals surface area contributed by atoms with E-state index in [1.54, 1.807) is 19.2 Å². The Morgan fingerprint density at radius 3 is 2.76 bits per heavy atom. The summed E-state index contributed by atoms with van der Waals surface area (Å²) < 4.78 is 10.6. The Balaban J connectivity index is 1.82.